The number of hydrogen-bond acceptors (Lipinski definition) is 2. The smallest absolute Gasteiger partial charge is 0.119 e. The second-order valence-electron chi connectivity index (χ2n) is 4.55. The van der Waals surface area contributed by atoms with Gasteiger partial charge in [-0.3, -0.25) is 0 Å². The summed E-state index contributed by atoms with van der Waals surface area (Å²) >= 11 is 17.9. The Kier molecular flexibility index (Phi) is 6.19. The number of halogens is 3. The Morgan fingerprint density at radius 3 is 2.33 bits per heavy atom. The van der Waals surface area contributed by atoms with Gasteiger partial charge in [0.25, 0.3) is 0 Å². The summed E-state index contributed by atoms with van der Waals surface area (Å²) in [6.45, 7) is 3.37. The van der Waals surface area contributed by atoms with Crippen molar-refractivity contribution < 1.29 is 4.74 Å². The first kappa shape index (κ1) is 16.4. The summed E-state index contributed by atoms with van der Waals surface area (Å²) in [6.07, 6.45) is 0. The zero-order valence-corrected chi connectivity index (χ0v) is 13.8. The first-order valence-corrected chi connectivity index (χ1v) is 7.80. The molecule has 0 saturated carbocycles. The lowest BCUT2D eigenvalue weighted by Crippen LogP contribution is -2.26. The summed E-state index contributed by atoms with van der Waals surface area (Å²) in [5.41, 5.74) is 1.04. The number of benzene rings is 2. The summed E-state index contributed by atoms with van der Waals surface area (Å²) in [7, 11) is 0. The number of hydrogen-bond donors (Lipinski definition) is 1. The Hall–Kier alpha value is -0.930. The molecule has 0 aromatic heterocycles. The molecule has 0 amide bonds. The molecule has 0 saturated heterocycles. The highest BCUT2D eigenvalue weighted by Crippen LogP contribution is 2.26. The monoisotopic (exact) mass is 343 g/mol. The predicted molar refractivity (Wildman–Crippen MR) is 89.8 cm³/mol. The quantitative estimate of drug-likeness (QED) is 0.760. The molecule has 0 spiro atoms. The van der Waals surface area contributed by atoms with E-state index in [9.17, 15) is 0 Å². The molecule has 0 heterocycles. The van der Waals surface area contributed by atoms with Gasteiger partial charge in [-0.15, -0.1) is 0 Å². The molecule has 21 heavy (non-hydrogen) atoms. The van der Waals surface area contributed by atoms with Gasteiger partial charge in [0.05, 0.1) is 16.1 Å². The fraction of sp³-hybridized carbons (Fsp3) is 0.250. The van der Waals surface area contributed by atoms with Crippen LogP contribution in [0.25, 0.3) is 0 Å². The van der Waals surface area contributed by atoms with Crippen LogP contribution in [-0.4, -0.2) is 13.2 Å². The van der Waals surface area contributed by atoms with Gasteiger partial charge < -0.3 is 10.1 Å². The lowest BCUT2D eigenvalue weighted by molar-refractivity contribution is 0.268. The summed E-state index contributed by atoms with van der Waals surface area (Å²) in [6, 6.07) is 13.0. The zero-order chi connectivity index (χ0) is 15.2. The van der Waals surface area contributed by atoms with E-state index >= 15 is 0 Å². The van der Waals surface area contributed by atoms with E-state index in [-0.39, 0.29) is 6.04 Å². The van der Waals surface area contributed by atoms with Crippen molar-refractivity contribution in [3.63, 3.8) is 0 Å². The molecule has 1 N–H and O–H groups in total. The van der Waals surface area contributed by atoms with Crippen LogP contribution in [0, 0.1) is 0 Å². The highest BCUT2D eigenvalue weighted by atomic mass is 35.5. The molecule has 0 fully saturated rings. The number of rotatable bonds is 6. The minimum atomic E-state index is 0.0421. The third-order valence-corrected chi connectivity index (χ3v) is 4.02. The van der Waals surface area contributed by atoms with Crippen LogP contribution in [0.3, 0.4) is 0 Å². The van der Waals surface area contributed by atoms with Crippen LogP contribution in [0.1, 0.15) is 18.5 Å². The molecule has 1 atom stereocenters. The molecule has 0 aliphatic carbocycles. The van der Waals surface area contributed by atoms with Crippen LogP contribution in [0.2, 0.25) is 15.1 Å². The second kappa shape index (κ2) is 7.90. The maximum atomic E-state index is 6.08. The molecule has 0 bridgehead atoms. The highest BCUT2D eigenvalue weighted by Gasteiger charge is 2.13. The van der Waals surface area contributed by atoms with Crippen molar-refractivity contribution in [1.29, 1.82) is 0 Å². The lowest BCUT2D eigenvalue weighted by Gasteiger charge is -2.19. The minimum absolute atomic E-state index is 0.0421. The number of ether oxygens (including phenoxy) is 1. The van der Waals surface area contributed by atoms with Crippen molar-refractivity contribution in [1.82, 2.24) is 5.32 Å². The van der Waals surface area contributed by atoms with E-state index in [2.05, 4.69) is 5.32 Å². The van der Waals surface area contributed by atoms with Crippen molar-refractivity contribution >= 4 is 34.8 Å². The molecule has 0 aliphatic rings. The van der Waals surface area contributed by atoms with Crippen LogP contribution in [0.5, 0.6) is 5.75 Å². The summed E-state index contributed by atoms with van der Waals surface area (Å²) in [5, 5.41) is 5.16. The molecule has 2 aromatic carbocycles. The van der Waals surface area contributed by atoms with Crippen LogP contribution in [0.4, 0.5) is 0 Å². The molecular weight excluding hydrogens is 329 g/mol. The maximum Gasteiger partial charge on any atom is 0.119 e. The zero-order valence-electron chi connectivity index (χ0n) is 11.6. The van der Waals surface area contributed by atoms with Crippen molar-refractivity contribution in [3.05, 3.63) is 63.1 Å². The van der Waals surface area contributed by atoms with E-state index in [1.165, 1.54) is 0 Å². The van der Waals surface area contributed by atoms with Crippen molar-refractivity contribution in [2.75, 3.05) is 13.2 Å². The van der Waals surface area contributed by atoms with E-state index in [1.807, 2.05) is 31.2 Å². The van der Waals surface area contributed by atoms with Gasteiger partial charge in [0.2, 0.25) is 0 Å². The van der Waals surface area contributed by atoms with Gasteiger partial charge in [0, 0.05) is 5.02 Å². The number of likely N-dealkylation sites (N-methyl/N-ethyl adjacent to an activating group) is 1. The standard InChI is InChI=1S/C16H16Cl3NO/c1-2-20-16(11-3-8-14(18)15(19)9-11)10-21-13-6-4-12(17)5-7-13/h3-9,16,20H,2,10H2,1H3. The van der Waals surface area contributed by atoms with Crippen LogP contribution >= 0.6 is 34.8 Å². The van der Waals surface area contributed by atoms with Crippen molar-refractivity contribution in [2.45, 2.75) is 13.0 Å². The third kappa shape index (κ3) is 4.79. The second-order valence-corrected chi connectivity index (χ2v) is 5.80. The average molecular weight is 345 g/mol. The third-order valence-electron chi connectivity index (χ3n) is 3.03. The van der Waals surface area contributed by atoms with E-state index in [1.54, 1.807) is 18.2 Å². The van der Waals surface area contributed by atoms with E-state index < -0.39 is 0 Å². The Morgan fingerprint density at radius 1 is 1.00 bits per heavy atom. The molecule has 0 aliphatic heterocycles. The van der Waals surface area contributed by atoms with Gasteiger partial charge in [-0.05, 0) is 48.5 Å². The fourth-order valence-corrected chi connectivity index (χ4v) is 2.39. The average Bonchev–Trinajstić information content (AvgIpc) is 2.48. The van der Waals surface area contributed by atoms with Crippen molar-refractivity contribution in [3.8, 4) is 5.75 Å². The summed E-state index contributed by atoms with van der Waals surface area (Å²) < 4.78 is 5.80. The topological polar surface area (TPSA) is 21.3 Å². The Bertz CT molecular complexity index is 587. The van der Waals surface area contributed by atoms with Crippen LogP contribution in [0.15, 0.2) is 42.5 Å². The normalized spacial score (nSPS) is 12.2. The predicted octanol–water partition coefficient (Wildman–Crippen LogP) is 5.38. The highest BCUT2D eigenvalue weighted by molar-refractivity contribution is 6.42. The largest absolute Gasteiger partial charge is 0.492 e. The minimum Gasteiger partial charge on any atom is -0.492 e. The van der Waals surface area contributed by atoms with E-state index in [4.69, 9.17) is 39.5 Å². The molecule has 0 radical (unpaired) electrons. The van der Waals surface area contributed by atoms with Gasteiger partial charge in [0.15, 0.2) is 0 Å². The molecule has 5 heteroatoms. The first-order valence-electron chi connectivity index (χ1n) is 6.67. The van der Waals surface area contributed by atoms with Crippen LogP contribution < -0.4 is 10.1 Å². The van der Waals surface area contributed by atoms with Gasteiger partial charge in [-0.25, -0.2) is 0 Å². The van der Waals surface area contributed by atoms with Crippen LogP contribution in [-0.2, 0) is 0 Å². The molecule has 2 nitrogen and oxygen atoms in total. The molecule has 112 valence electrons. The summed E-state index contributed by atoms with van der Waals surface area (Å²) in [5.74, 6) is 0.780. The van der Waals surface area contributed by atoms with Gasteiger partial charge in [0.1, 0.15) is 12.4 Å². The van der Waals surface area contributed by atoms with Crippen molar-refractivity contribution in [2.24, 2.45) is 0 Å². The van der Waals surface area contributed by atoms with E-state index in [0.717, 1.165) is 17.9 Å². The first-order chi connectivity index (χ1) is 10.1. The number of nitrogens with one attached hydrogen (secondary N) is 1. The van der Waals surface area contributed by atoms with Gasteiger partial charge >= 0.3 is 0 Å². The molecular formula is C16H16Cl3NO. The molecule has 2 rings (SSSR count). The molecule has 2 aromatic rings. The van der Waals surface area contributed by atoms with Gasteiger partial charge in [-0.1, -0.05) is 47.8 Å². The fourth-order valence-electron chi connectivity index (χ4n) is 1.96. The lowest BCUT2D eigenvalue weighted by atomic mass is 10.1. The maximum absolute atomic E-state index is 6.08. The Labute approximate surface area is 140 Å². The summed E-state index contributed by atoms with van der Waals surface area (Å²) in [4.78, 5) is 0. The Balaban J connectivity index is 2.07. The molecule has 1 unspecified atom stereocenters. The SMILES string of the molecule is CCNC(COc1ccc(Cl)cc1)c1ccc(Cl)c(Cl)c1. The van der Waals surface area contributed by atoms with E-state index in [0.29, 0.717) is 21.7 Å². The Morgan fingerprint density at radius 2 is 1.71 bits per heavy atom. The van der Waals surface area contributed by atoms with Gasteiger partial charge in [-0.2, -0.15) is 0 Å².